The van der Waals surface area contributed by atoms with Crippen molar-refractivity contribution in [1.82, 2.24) is 14.4 Å². The van der Waals surface area contributed by atoms with E-state index in [4.69, 9.17) is 16.3 Å². The largest absolute Gasteiger partial charge is 0.496 e. The van der Waals surface area contributed by atoms with Crippen LogP contribution in [0, 0.1) is 0 Å². The fraction of sp³-hybridized carbons (Fsp3) is 0.333. The second kappa shape index (κ2) is 12.1. The van der Waals surface area contributed by atoms with Crippen LogP contribution in [0.2, 0.25) is 5.02 Å². The van der Waals surface area contributed by atoms with Gasteiger partial charge in [0.25, 0.3) is 11.8 Å². The zero-order valence-corrected chi connectivity index (χ0v) is 25.8. The predicted molar refractivity (Wildman–Crippen MR) is 174 cm³/mol. The van der Waals surface area contributed by atoms with Crippen LogP contribution in [-0.2, 0) is 13.1 Å². The number of fused-ring (bicyclic) bond motifs is 2. The Hall–Kier alpha value is -4.07. The average molecular weight is 609 g/mol. The number of aromatic nitrogens is 1. The highest BCUT2D eigenvalue weighted by molar-refractivity contribution is 6.33. The van der Waals surface area contributed by atoms with Crippen LogP contribution in [-0.4, -0.2) is 65.5 Å². The van der Waals surface area contributed by atoms with E-state index < -0.39 is 0 Å². The first kappa shape index (κ1) is 28.7. The number of rotatable bonds is 6. The molecule has 1 unspecified atom stereocenters. The van der Waals surface area contributed by atoms with Gasteiger partial charge < -0.3 is 24.0 Å². The number of carbonyl (C=O) groups is 2. The standard InChI is InChI=1S/C36H37ClN4O3/c1-44-34-21-25(14-16-30(34)29-11-3-4-12-31(29)37)35(42)41-24-28-15-17-33(40(28)22-26-9-2-5-13-32(26)41)36(43)39-20-8-10-27(39)23-38-18-6-7-19-38/h2-5,9,11-17,21,27H,6-8,10,18-20,22-24H2,1H3. The van der Waals surface area contributed by atoms with Crippen molar-refractivity contribution < 1.29 is 14.3 Å². The summed E-state index contributed by atoms with van der Waals surface area (Å²) in [4.78, 5) is 34.7. The van der Waals surface area contributed by atoms with E-state index in [-0.39, 0.29) is 17.9 Å². The van der Waals surface area contributed by atoms with Gasteiger partial charge in [-0.25, -0.2) is 0 Å². The number of hydrogen-bond acceptors (Lipinski definition) is 4. The smallest absolute Gasteiger partial charge is 0.270 e. The third kappa shape index (κ3) is 5.29. The van der Waals surface area contributed by atoms with Gasteiger partial charge in [0.1, 0.15) is 11.4 Å². The van der Waals surface area contributed by atoms with Crippen LogP contribution >= 0.6 is 11.6 Å². The molecule has 0 bridgehead atoms. The van der Waals surface area contributed by atoms with E-state index in [1.807, 2.05) is 77.7 Å². The minimum atomic E-state index is -0.130. The second-order valence-electron chi connectivity index (χ2n) is 12.0. The van der Waals surface area contributed by atoms with E-state index in [0.29, 0.717) is 35.1 Å². The Morgan fingerprint density at radius 3 is 2.45 bits per heavy atom. The minimum Gasteiger partial charge on any atom is -0.496 e. The molecule has 44 heavy (non-hydrogen) atoms. The fourth-order valence-corrected chi connectivity index (χ4v) is 7.35. The third-order valence-electron chi connectivity index (χ3n) is 9.38. The highest BCUT2D eigenvalue weighted by atomic mass is 35.5. The lowest BCUT2D eigenvalue weighted by atomic mass is 10.0. The highest BCUT2D eigenvalue weighted by Gasteiger charge is 2.34. The summed E-state index contributed by atoms with van der Waals surface area (Å²) in [7, 11) is 1.60. The van der Waals surface area contributed by atoms with Crippen molar-refractivity contribution in [3.63, 3.8) is 0 Å². The van der Waals surface area contributed by atoms with Gasteiger partial charge in [-0.05, 0) is 86.8 Å². The Labute approximate surface area is 263 Å². The molecule has 2 saturated heterocycles. The molecule has 2 fully saturated rings. The van der Waals surface area contributed by atoms with Crippen molar-refractivity contribution >= 4 is 29.1 Å². The molecule has 0 saturated carbocycles. The van der Waals surface area contributed by atoms with E-state index >= 15 is 0 Å². The lowest BCUT2D eigenvalue weighted by Crippen LogP contribution is -2.43. The normalized spacial score (nSPS) is 18.2. The van der Waals surface area contributed by atoms with Crippen molar-refractivity contribution in [3.05, 3.63) is 106 Å². The van der Waals surface area contributed by atoms with Crippen molar-refractivity contribution in [2.24, 2.45) is 0 Å². The maximum atomic E-state index is 14.2. The summed E-state index contributed by atoms with van der Waals surface area (Å²) in [6.45, 7) is 4.91. The first-order valence-corrected chi connectivity index (χ1v) is 15.9. The van der Waals surface area contributed by atoms with Crippen LogP contribution in [0.25, 0.3) is 11.1 Å². The van der Waals surface area contributed by atoms with E-state index in [1.165, 1.54) is 12.8 Å². The molecule has 0 radical (unpaired) electrons. The van der Waals surface area contributed by atoms with Crippen molar-refractivity contribution in [1.29, 1.82) is 0 Å². The summed E-state index contributed by atoms with van der Waals surface area (Å²) >= 11 is 6.48. The van der Waals surface area contributed by atoms with E-state index in [2.05, 4.69) is 14.4 Å². The van der Waals surface area contributed by atoms with Crippen LogP contribution in [0.15, 0.2) is 78.9 Å². The predicted octanol–water partition coefficient (Wildman–Crippen LogP) is 6.73. The number of halogens is 1. The quantitative estimate of drug-likeness (QED) is 0.244. The van der Waals surface area contributed by atoms with Gasteiger partial charge in [-0.1, -0.05) is 48.0 Å². The number of carbonyl (C=O) groups excluding carboxylic acids is 2. The Bertz CT molecular complexity index is 1710. The van der Waals surface area contributed by atoms with Crippen molar-refractivity contribution in [2.45, 2.75) is 44.8 Å². The molecule has 3 aromatic carbocycles. The third-order valence-corrected chi connectivity index (χ3v) is 9.71. The second-order valence-corrected chi connectivity index (χ2v) is 12.4. The number of hydrogen-bond donors (Lipinski definition) is 0. The molecule has 0 N–H and O–H groups in total. The lowest BCUT2D eigenvalue weighted by Gasteiger charge is -2.29. The molecule has 0 aliphatic carbocycles. The summed E-state index contributed by atoms with van der Waals surface area (Å²) in [5, 5.41) is 0.619. The number of benzene rings is 3. The van der Waals surface area contributed by atoms with Gasteiger partial charge >= 0.3 is 0 Å². The number of ether oxygens (including phenoxy) is 1. The van der Waals surface area contributed by atoms with Gasteiger partial charge in [0.2, 0.25) is 0 Å². The van der Waals surface area contributed by atoms with E-state index in [0.717, 1.165) is 67.1 Å². The summed E-state index contributed by atoms with van der Waals surface area (Å²) in [6, 6.07) is 25.3. The zero-order chi connectivity index (χ0) is 30.2. The summed E-state index contributed by atoms with van der Waals surface area (Å²) in [6.07, 6.45) is 4.60. The molecule has 3 aliphatic rings. The summed E-state index contributed by atoms with van der Waals surface area (Å²) in [5.41, 5.74) is 5.68. The van der Waals surface area contributed by atoms with Gasteiger partial charge in [-0.3, -0.25) is 9.59 Å². The van der Waals surface area contributed by atoms with Crippen molar-refractivity contribution in [3.8, 4) is 16.9 Å². The van der Waals surface area contributed by atoms with Crippen LogP contribution in [0.4, 0.5) is 5.69 Å². The molecule has 7 rings (SSSR count). The monoisotopic (exact) mass is 608 g/mol. The van der Waals surface area contributed by atoms with Gasteiger partial charge in [-0.15, -0.1) is 0 Å². The molecule has 1 aromatic heterocycles. The Balaban J connectivity index is 1.19. The lowest BCUT2D eigenvalue weighted by molar-refractivity contribution is 0.0698. The fourth-order valence-electron chi connectivity index (χ4n) is 7.11. The molecule has 2 amide bonds. The molecule has 0 spiro atoms. The molecular weight excluding hydrogens is 572 g/mol. The summed E-state index contributed by atoms with van der Waals surface area (Å²) < 4.78 is 7.85. The Morgan fingerprint density at radius 1 is 0.841 bits per heavy atom. The number of likely N-dealkylation sites (tertiary alicyclic amines) is 2. The molecular formula is C36H37ClN4O3. The summed E-state index contributed by atoms with van der Waals surface area (Å²) in [5.74, 6) is 0.543. The first-order valence-electron chi connectivity index (χ1n) is 15.6. The van der Waals surface area contributed by atoms with Gasteiger partial charge in [-0.2, -0.15) is 0 Å². The molecule has 7 nitrogen and oxygen atoms in total. The number of anilines is 1. The van der Waals surface area contributed by atoms with E-state index in [9.17, 15) is 9.59 Å². The molecule has 3 aliphatic heterocycles. The minimum absolute atomic E-state index is 0.0927. The maximum Gasteiger partial charge on any atom is 0.270 e. The van der Waals surface area contributed by atoms with Crippen LogP contribution < -0.4 is 9.64 Å². The average Bonchev–Trinajstić information content (AvgIpc) is 3.81. The number of amides is 2. The van der Waals surface area contributed by atoms with Crippen LogP contribution in [0.1, 0.15) is 57.8 Å². The molecule has 4 heterocycles. The maximum absolute atomic E-state index is 14.2. The van der Waals surface area contributed by atoms with Crippen molar-refractivity contribution in [2.75, 3.05) is 38.2 Å². The topological polar surface area (TPSA) is 58.0 Å². The highest BCUT2D eigenvalue weighted by Crippen LogP contribution is 2.37. The van der Waals surface area contributed by atoms with Crippen LogP contribution in [0.3, 0.4) is 0 Å². The number of methoxy groups -OCH3 is 1. The van der Waals surface area contributed by atoms with Gasteiger partial charge in [0, 0.05) is 52.2 Å². The molecule has 1 atom stereocenters. The molecule has 8 heteroatoms. The Kier molecular flexibility index (Phi) is 7.91. The molecule has 226 valence electrons. The van der Waals surface area contributed by atoms with Crippen LogP contribution in [0.5, 0.6) is 5.75 Å². The first-order chi connectivity index (χ1) is 21.5. The SMILES string of the molecule is COc1cc(C(=O)N2Cc3ccc(C(=O)N4CCCC4CN4CCCC4)n3Cc3ccccc32)ccc1-c1ccccc1Cl. The zero-order valence-electron chi connectivity index (χ0n) is 25.0. The van der Waals surface area contributed by atoms with Gasteiger partial charge in [0.15, 0.2) is 0 Å². The van der Waals surface area contributed by atoms with Gasteiger partial charge in [0.05, 0.1) is 20.2 Å². The Morgan fingerprint density at radius 2 is 1.64 bits per heavy atom. The number of para-hydroxylation sites is 1. The van der Waals surface area contributed by atoms with E-state index in [1.54, 1.807) is 13.2 Å². The number of nitrogens with zero attached hydrogens (tertiary/aromatic N) is 4. The molecule has 4 aromatic rings.